The first-order valence-electron chi connectivity index (χ1n) is 13.2. The first kappa shape index (κ1) is 25.7. The van der Waals surface area contributed by atoms with Gasteiger partial charge in [0.15, 0.2) is 0 Å². The highest BCUT2D eigenvalue weighted by Gasteiger charge is 2.28. The van der Waals surface area contributed by atoms with Crippen molar-refractivity contribution in [3.63, 3.8) is 0 Å². The zero-order valence-corrected chi connectivity index (χ0v) is 23.7. The molecule has 0 radical (unpaired) electrons. The smallest absolute Gasteiger partial charge is 0.264 e. The van der Waals surface area contributed by atoms with Gasteiger partial charge in [-0.05, 0) is 55.0 Å². The maximum atomic E-state index is 13.6. The number of rotatable bonds is 5. The molecule has 202 valence electrons. The number of anilines is 3. The number of benzene rings is 2. The summed E-state index contributed by atoms with van der Waals surface area (Å²) in [5.74, 6) is 1.87. The van der Waals surface area contributed by atoms with Gasteiger partial charge in [0.2, 0.25) is 0 Å². The molecule has 4 aromatic rings. The summed E-state index contributed by atoms with van der Waals surface area (Å²) in [4.78, 5) is 33.5. The predicted molar refractivity (Wildman–Crippen MR) is 159 cm³/mol. The molecule has 0 N–H and O–H groups in total. The lowest BCUT2D eigenvalue weighted by Gasteiger charge is -2.37. The third-order valence-corrected chi connectivity index (χ3v) is 9.08. The number of aromatic nitrogens is 2. The van der Waals surface area contributed by atoms with E-state index in [1.807, 2.05) is 42.2 Å². The number of fused-ring (bicyclic) bond motifs is 1. The van der Waals surface area contributed by atoms with Crippen molar-refractivity contribution in [1.29, 1.82) is 0 Å². The van der Waals surface area contributed by atoms with Crippen molar-refractivity contribution in [2.45, 2.75) is 6.92 Å². The summed E-state index contributed by atoms with van der Waals surface area (Å²) in [5.41, 5.74) is 3.27. The Labute approximate surface area is 237 Å². The molecule has 2 aliphatic rings. The summed E-state index contributed by atoms with van der Waals surface area (Å²) in [6.45, 7) is 8.42. The summed E-state index contributed by atoms with van der Waals surface area (Å²) in [6.07, 6.45) is 1.63. The minimum atomic E-state index is 0.0801. The van der Waals surface area contributed by atoms with E-state index < -0.39 is 0 Å². The molecule has 2 aromatic heterocycles. The van der Waals surface area contributed by atoms with E-state index in [-0.39, 0.29) is 5.91 Å². The fourth-order valence-electron chi connectivity index (χ4n) is 5.45. The van der Waals surface area contributed by atoms with Gasteiger partial charge in [0, 0.05) is 68.8 Å². The largest absolute Gasteiger partial charge is 0.497 e. The topological polar surface area (TPSA) is 65.0 Å². The average molecular weight is 563 g/mol. The van der Waals surface area contributed by atoms with Crippen LogP contribution in [0.1, 0.15) is 15.2 Å². The number of thiophene rings is 1. The molecule has 6 rings (SSSR count). The van der Waals surface area contributed by atoms with Crippen LogP contribution in [0.2, 0.25) is 5.02 Å². The molecular weight excluding hydrogens is 532 g/mol. The lowest BCUT2D eigenvalue weighted by molar-refractivity contribution is 0.0751. The molecular formula is C29H31ClN6O2S. The Bertz CT molecular complexity index is 1480. The van der Waals surface area contributed by atoms with E-state index in [1.165, 1.54) is 17.0 Å². The van der Waals surface area contributed by atoms with E-state index in [0.717, 1.165) is 82.2 Å². The molecule has 10 heteroatoms. The lowest BCUT2D eigenvalue weighted by Crippen LogP contribution is -2.48. The van der Waals surface area contributed by atoms with Gasteiger partial charge in [0.1, 0.15) is 22.7 Å². The molecule has 0 bridgehead atoms. The van der Waals surface area contributed by atoms with Crippen LogP contribution in [0.15, 0.2) is 54.9 Å². The second-order valence-corrected chi connectivity index (χ2v) is 11.3. The van der Waals surface area contributed by atoms with Gasteiger partial charge in [-0.3, -0.25) is 4.79 Å². The van der Waals surface area contributed by atoms with Crippen molar-refractivity contribution in [3.8, 4) is 5.75 Å². The van der Waals surface area contributed by atoms with Gasteiger partial charge in [-0.25, -0.2) is 9.97 Å². The average Bonchev–Trinajstić information content (AvgIpc) is 3.33. The molecule has 2 aromatic carbocycles. The second-order valence-electron chi connectivity index (χ2n) is 9.86. The summed E-state index contributed by atoms with van der Waals surface area (Å²) >= 11 is 7.66. The number of nitrogens with zero attached hydrogens (tertiary/aromatic N) is 6. The number of aryl methyl sites for hydroxylation is 1. The van der Waals surface area contributed by atoms with Gasteiger partial charge in [-0.2, -0.15) is 0 Å². The highest BCUT2D eigenvalue weighted by molar-refractivity contribution is 7.20. The maximum absolute atomic E-state index is 13.6. The number of amides is 1. The Morgan fingerprint density at radius 2 is 1.54 bits per heavy atom. The van der Waals surface area contributed by atoms with Crippen LogP contribution in [0.25, 0.3) is 10.2 Å². The van der Waals surface area contributed by atoms with E-state index in [2.05, 4.69) is 37.9 Å². The number of hydrogen-bond acceptors (Lipinski definition) is 8. The highest BCUT2D eigenvalue weighted by Crippen LogP contribution is 2.36. The van der Waals surface area contributed by atoms with E-state index in [1.54, 1.807) is 13.4 Å². The normalized spacial score (nSPS) is 16.2. The SMILES string of the molecule is COc1ccc(N2CCN(c3ncnc4sc(C(=O)N5CCN(c6cccc(Cl)c6)CC5)c(C)c34)CC2)cc1. The molecule has 0 atom stereocenters. The predicted octanol–water partition coefficient (Wildman–Crippen LogP) is 4.95. The van der Waals surface area contributed by atoms with Crippen LogP contribution in [0.4, 0.5) is 17.2 Å². The van der Waals surface area contributed by atoms with Crippen molar-refractivity contribution in [1.82, 2.24) is 14.9 Å². The number of halogens is 1. The van der Waals surface area contributed by atoms with Crippen LogP contribution in [-0.2, 0) is 0 Å². The van der Waals surface area contributed by atoms with Crippen molar-refractivity contribution >= 4 is 56.3 Å². The van der Waals surface area contributed by atoms with Crippen molar-refractivity contribution in [2.24, 2.45) is 0 Å². The molecule has 2 aliphatic heterocycles. The monoisotopic (exact) mass is 562 g/mol. The number of carbonyl (C=O) groups is 1. The number of methoxy groups -OCH3 is 1. The molecule has 0 unspecified atom stereocenters. The van der Waals surface area contributed by atoms with Crippen LogP contribution < -0.4 is 19.4 Å². The Morgan fingerprint density at radius 3 is 2.23 bits per heavy atom. The van der Waals surface area contributed by atoms with Gasteiger partial charge in [0.05, 0.1) is 17.4 Å². The van der Waals surface area contributed by atoms with Crippen LogP contribution in [0, 0.1) is 6.92 Å². The maximum Gasteiger partial charge on any atom is 0.264 e. The highest BCUT2D eigenvalue weighted by atomic mass is 35.5. The van der Waals surface area contributed by atoms with Gasteiger partial charge >= 0.3 is 0 Å². The molecule has 8 nitrogen and oxygen atoms in total. The molecule has 1 amide bonds. The second kappa shape index (κ2) is 10.9. The minimum Gasteiger partial charge on any atom is -0.497 e. The quantitative estimate of drug-likeness (QED) is 0.341. The zero-order valence-electron chi connectivity index (χ0n) is 22.1. The third-order valence-electron chi connectivity index (χ3n) is 7.66. The molecule has 0 saturated carbocycles. The lowest BCUT2D eigenvalue weighted by atomic mass is 10.1. The van der Waals surface area contributed by atoms with Gasteiger partial charge in [-0.15, -0.1) is 11.3 Å². The summed E-state index contributed by atoms with van der Waals surface area (Å²) < 4.78 is 5.29. The Kier molecular flexibility index (Phi) is 7.18. The number of piperazine rings is 2. The van der Waals surface area contributed by atoms with E-state index in [4.69, 9.17) is 21.3 Å². The van der Waals surface area contributed by atoms with E-state index in [9.17, 15) is 4.79 Å². The van der Waals surface area contributed by atoms with Crippen LogP contribution in [-0.4, -0.2) is 80.2 Å². The van der Waals surface area contributed by atoms with Gasteiger partial charge in [0.25, 0.3) is 5.91 Å². The summed E-state index contributed by atoms with van der Waals surface area (Å²) in [6, 6.07) is 16.1. The zero-order chi connectivity index (χ0) is 26.9. The van der Waals surface area contributed by atoms with Crippen molar-refractivity contribution < 1.29 is 9.53 Å². The fourth-order valence-corrected chi connectivity index (χ4v) is 6.75. The molecule has 0 aliphatic carbocycles. The molecule has 0 spiro atoms. The number of ether oxygens (including phenoxy) is 1. The van der Waals surface area contributed by atoms with Crippen LogP contribution in [0.5, 0.6) is 5.75 Å². The van der Waals surface area contributed by atoms with E-state index in [0.29, 0.717) is 13.1 Å². The molecule has 39 heavy (non-hydrogen) atoms. The van der Waals surface area contributed by atoms with E-state index >= 15 is 0 Å². The first-order chi connectivity index (χ1) is 19.0. The standard InChI is InChI=1S/C29H31ClN6O2S/c1-20-25-27(35-14-10-33(11-15-35)22-6-8-24(38-2)9-7-22)31-19-32-28(25)39-26(20)29(37)36-16-12-34(13-17-36)23-5-3-4-21(30)18-23/h3-9,18-19H,10-17H2,1-2H3. The van der Waals surface area contributed by atoms with Gasteiger partial charge in [-0.1, -0.05) is 17.7 Å². The molecule has 2 saturated heterocycles. The van der Waals surface area contributed by atoms with Crippen LogP contribution >= 0.6 is 22.9 Å². The Balaban J connectivity index is 1.16. The Morgan fingerprint density at radius 1 is 0.872 bits per heavy atom. The number of hydrogen-bond donors (Lipinski definition) is 0. The minimum absolute atomic E-state index is 0.0801. The number of carbonyl (C=O) groups excluding carboxylic acids is 1. The molecule has 2 fully saturated rings. The summed E-state index contributed by atoms with van der Waals surface area (Å²) in [7, 11) is 1.68. The molecule has 4 heterocycles. The first-order valence-corrected chi connectivity index (χ1v) is 14.4. The Hall–Kier alpha value is -3.56. The summed E-state index contributed by atoms with van der Waals surface area (Å²) in [5, 5.41) is 1.73. The van der Waals surface area contributed by atoms with Crippen LogP contribution in [0.3, 0.4) is 0 Å². The fraction of sp³-hybridized carbons (Fsp3) is 0.345. The van der Waals surface area contributed by atoms with Crippen molar-refractivity contribution in [3.05, 3.63) is 70.3 Å². The third kappa shape index (κ3) is 5.08. The van der Waals surface area contributed by atoms with Crippen molar-refractivity contribution in [2.75, 3.05) is 74.2 Å². The van der Waals surface area contributed by atoms with Gasteiger partial charge < -0.3 is 24.3 Å².